The van der Waals surface area contributed by atoms with Crippen molar-refractivity contribution in [3.05, 3.63) is 65.7 Å². The molecule has 4 atom stereocenters. The number of fused-ring (bicyclic) bond motifs is 3. The molecule has 3 nitrogen and oxygen atoms in total. The van der Waals surface area contributed by atoms with Crippen molar-refractivity contribution in [2.75, 3.05) is 0 Å². The first kappa shape index (κ1) is 18.4. The molecule has 0 spiro atoms. The average Bonchev–Trinajstić information content (AvgIpc) is 3.37. The molecule has 1 heterocycles. The van der Waals surface area contributed by atoms with Crippen LogP contribution in [0.3, 0.4) is 0 Å². The van der Waals surface area contributed by atoms with E-state index in [4.69, 9.17) is 4.98 Å². The van der Waals surface area contributed by atoms with E-state index in [0.717, 1.165) is 39.6 Å². The summed E-state index contributed by atoms with van der Waals surface area (Å²) in [6.07, 6.45) is 5.36. The highest BCUT2D eigenvalue weighted by atomic mass is 16.1. The van der Waals surface area contributed by atoms with Crippen molar-refractivity contribution in [3.63, 3.8) is 0 Å². The van der Waals surface area contributed by atoms with Crippen molar-refractivity contribution in [2.45, 2.75) is 45.6 Å². The zero-order valence-electron chi connectivity index (χ0n) is 17.2. The third-order valence-electron chi connectivity index (χ3n) is 7.10. The van der Waals surface area contributed by atoms with Gasteiger partial charge in [-0.3, -0.25) is 4.79 Å². The summed E-state index contributed by atoms with van der Waals surface area (Å²) >= 11 is 0. The maximum atomic E-state index is 13.3. The first-order valence-corrected chi connectivity index (χ1v) is 10.9. The number of pyridine rings is 1. The molecule has 1 N–H and O–H groups in total. The van der Waals surface area contributed by atoms with Gasteiger partial charge in [0.05, 0.1) is 16.8 Å². The molecule has 0 radical (unpaired) electrons. The second-order valence-corrected chi connectivity index (χ2v) is 9.04. The molecule has 29 heavy (non-hydrogen) atoms. The molecule has 5 rings (SSSR count). The molecule has 3 aromatic rings. The van der Waals surface area contributed by atoms with Crippen molar-refractivity contribution < 1.29 is 4.79 Å². The fourth-order valence-corrected chi connectivity index (χ4v) is 5.53. The van der Waals surface area contributed by atoms with E-state index >= 15 is 0 Å². The lowest BCUT2D eigenvalue weighted by molar-refractivity contribution is 0.0917. The SMILES string of the molecule is Cc1ccc(-c2cc(C(=O)N[C@@H](C)[C@@H]3C[C@H]4CC[C@H]3C4)c3ccccc3n2)cc1. The van der Waals surface area contributed by atoms with E-state index in [2.05, 4.69) is 43.4 Å². The molecular weight excluding hydrogens is 356 g/mol. The zero-order valence-corrected chi connectivity index (χ0v) is 17.2. The van der Waals surface area contributed by atoms with Gasteiger partial charge in [-0.15, -0.1) is 0 Å². The summed E-state index contributed by atoms with van der Waals surface area (Å²) in [6.45, 7) is 4.26. The van der Waals surface area contributed by atoms with Crippen LogP contribution in [-0.2, 0) is 0 Å². The van der Waals surface area contributed by atoms with Gasteiger partial charge < -0.3 is 5.32 Å². The highest BCUT2D eigenvalue weighted by molar-refractivity contribution is 6.07. The van der Waals surface area contributed by atoms with E-state index in [1.807, 2.05) is 30.3 Å². The van der Waals surface area contributed by atoms with Crippen molar-refractivity contribution in [3.8, 4) is 11.3 Å². The smallest absolute Gasteiger partial charge is 0.252 e. The number of aromatic nitrogens is 1. The lowest BCUT2D eigenvalue weighted by atomic mass is 9.84. The average molecular weight is 385 g/mol. The third kappa shape index (κ3) is 3.43. The second-order valence-electron chi connectivity index (χ2n) is 9.04. The van der Waals surface area contributed by atoms with Crippen LogP contribution in [0, 0.1) is 24.7 Å². The highest BCUT2D eigenvalue weighted by Gasteiger charge is 2.42. The van der Waals surface area contributed by atoms with E-state index in [-0.39, 0.29) is 11.9 Å². The topological polar surface area (TPSA) is 42.0 Å². The monoisotopic (exact) mass is 384 g/mol. The van der Waals surface area contributed by atoms with Gasteiger partial charge in [0.15, 0.2) is 0 Å². The summed E-state index contributed by atoms with van der Waals surface area (Å²) in [5.41, 5.74) is 4.69. The van der Waals surface area contributed by atoms with Gasteiger partial charge in [-0.25, -0.2) is 4.98 Å². The van der Waals surface area contributed by atoms with Crippen molar-refractivity contribution in [2.24, 2.45) is 17.8 Å². The number of carbonyl (C=O) groups excluding carboxylic acids is 1. The van der Waals surface area contributed by atoms with Crippen LogP contribution in [0.5, 0.6) is 0 Å². The largest absolute Gasteiger partial charge is 0.349 e. The molecule has 0 unspecified atom stereocenters. The van der Waals surface area contributed by atoms with Gasteiger partial charge in [-0.05, 0) is 63.0 Å². The molecule has 2 saturated carbocycles. The highest BCUT2D eigenvalue weighted by Crippen LogP contribution is 2.49. The first-order valence-electron chi connectivity index (χ1n) is 10.9. The Morgan fingerprint density at radius 3 is 2.59 bits per heavy atom. The number of benzene rings is 2. The predicted octanol–water partition coefficient (Wildman–Crippen LogP) is 5.76. The van der Waals surface area contributed by atoms with Crippen LogP contribution in [0.15, 0.2) is 54.6 Å². The maximum Gasteiger partial charge on any atom is 0.252 e. The number of nitrogens with zero attached hydrogens (tertiary/aromatic N) is 1. The number of amides is 1. The molecular formula is C26H28N2O. The summed E-state index contributed by atoms with van der Waals surface area (Å²) < 4.78 is 0. The Morgan fingerprint density at radius 1 is 1.07 bits per heavy atom. The van der Waals surface area contributed by atoms with Crippen LogP contribution >= 0.6 is 0 Å². The van der Waals surface area contributed by atoms with E-state index < -0.39 is 0 Å². The summed E-state index contributed by atoms with van der Waals surface area (Å²) in [4.78, 5) is 18.2. The minimum Gasteiger partial charge on any atom is -0.349 e. The standard InChI is InChI=1S/C26H28N2O/c1-16-7-10-19(11-8-16)25-15-23(21-5-3-4-6-24(21)28-25)26(29)27-17(2)22-14-18-9-12-20(22)13-18/h3-8,10-11,15,17-18,20,22H,9,12-14H2,1-2H3,(H,27,29)/t17-,18-,20-,22-/m0/s1. The van der Waals surface area contributed by atoms with Crippen molar-refractivity contribution >= 4 is 16.8 Å². The fraction of sp³-hybridized carbons (Fsp3) is 0.385. The first-order chi connectivity index (χ1) is 14.1. The Balaban J connectivity index is 1.47. The number of rotatable bonds is 4. The molecule has 3 heteroatoms. The van der Waals surface area contributed by atoms with Gasteiger partial charge in [0.25, 0.3) is 5.91 Å². The summed E-state index contributed by atoms with van der Waals surface area (Å²) in [5.74, 6) is 2.33. The molecule has 2 fully saturated rings. The normalized spacial score (nSPS) is 24.0. The summed E-state index contributed by atoms with van der Waals surface area (Å²) in [6, 6.07) is 18.4. The molecule has 0 saturated heterocycles. The minimum absolute atomic E-state index is 0.0206. The van der Waals surface area contributed by atoms with Gasteiger partial charge in [-0.1, -0.05) is 54.4 Å². The van der Waals surface area contributed by atoms with Crippen LogP contribution in [-0.4, -0.2) is 16.9 Å². The third-order valence-corrected chi connectivity index (χ3v) is 7.10. The molecule has 2 aromatic carbocycles. The van der Waals surface area contributed by atoms with Crippen LogP contribution in [0.2, 0.25) is 0 Å². The second kappa shape index (κ2) is 7.29. The van der Waals surface area contributed by atoms with Gasteiger partial charge in [0.2, 0.25) is 0 Å². The Morgan fingerprint density at radius 2 is 1.86 bits per heavy atom. The molecule has 1 amide bonds. The van der Waals surface area contributed by atoms with Gasteiger partial charge >= 0.3 is 0 Å². The molecule has 2 aliphatic carbocycles. The number of hydrogen-bond acceptors (Lipinski definition) is 2. The predicted molar refractivity (Wildman–Crippen MR) is 118 cm³/mol. The van der Waals surface area contributed by atoms with Crippen molar-refractivity contribution in [1.82, 2.24) is 10.3 Å². The van der Waals surface area contributed by atoms with Crippen LogP contribution in [0.4, 0.5) is 0 Å². The number of nitrogens with one attached hydrogen (secondary N) is 1. The molecule has 1 aromatic heterocycles. The van der Waals surface area contributed by atoms with Crippen LogP contribution in [0.1, 0.15) is 48.5 Å². The Labute approximate surface area is 172 Å². The maximum absolute atomic E-state index is 13.3. The molecule has 0 aliphatic heterocycles. The number of hydrogen-bond donors (Lipinski definition) is 1. The van der Waals surface area contributed by atoms with Gasteiger partial charge in [0, 0.05) is 17.0 Å². The molecule has 148 valence electrons. The summed E-state index contributed by atoms with van der Waals surface area (Å²) in [5, 5.41) is 4.25. The lowest BCUT2D eigenvalue weighted by Gasteiger charge is -2.28. The number of para-hydroxylation sites is 1. The number of carbonyl (C=O) groups is 1. The zero-order chi connectivity index (χ0) is 20.0. The van der Waals surface area contributed by atoms with E-state index in [1.54, 1.807) is 0 Å². The van der Waals surface area contributed by atoms with E-state index in [0.29, 0.717) is 5.92 Å². The van der Waals surface area contributed by atoms with Crippen molar-refractivity contribution in [1.29, 1.82) is 0 Å². The Bertz CT molecular complexity index is 1060. The Hall–Kier alpha value is -2.68. The Kier molecular flexibility index (Phi) is 4.61. The van der Waals surface area contributed by atoms with Gasteiger partial charge in [-0.2, -0.15) is 0 Å². The molecule has 2 bridgehead atoms. The van der Waals surface area contributed by atoms with Crippen LogP contribution < -0.4 is 5.32 Å². The summed E-state index contributed by atoms with van der Waals surface area (Å²) in [7, 11) is 0. The minimum atomic E-state index is 0.0206. The quantitative estimate of drug-likeness (QED) is 0.621. The van der Waals surface area contributed by atoms with Crippen LogP contribution in [0.25, 0.3) is 22.2 Å². The fourth-order valence-electron chi connectivity index (χ4n) is 5.53. The van der Waals surface area contributed by atoms with Gasteiger partial charge in [0.1, 0.15) is 0 Å². The number of aryl methyl sites for hydroxylation is 1. The van der Waals surface area contributed by atoms with E-state index in [1.165, 1.54) is 31.2 Å². The van der Waals surface area contributed by atoms with E-state index in [9.17, 15) is 4.79 Å². The lowest BCUT2D eigenvalue weighted by Crippen LogP contribution is -2.40. The molecule has 2 aliphatic rings.